The van der Waals surface area contributed by atoms with Crippen LogP contribution < -0.4 is 31.5 Å². The summed E-state index contributed by atoms with van der Waals surface area (Å²) in [5.74, 6) is -1.15. The van der Waals surface area contributed by atoms with Crippen LogP contribution in [0.3, 0.4) is 0 Å². The zero-order valence-electron chi connectivity index (χ0n) is 18.3. The first-order chi connectivity index (χ1) is 14.8. The zero-order chi connectivity index (χ0) is 23.3. The number of aromatic carboxylic acids is 1. The predicted octanol–water partition coefficient (Wildman–Crippen LogP) is 1.66. The van der Waals surface area contributed by atoms with Gasteiger partial charge in [0.05, 0.1) is 5.39 Å². The Balaban J connectivity index is 0.000000513. The van der Waals surface area contributed by atoms with E-state index in [4.69, 9.17) is 10.5 Å². The number of hydrogen-bond acceptors (Lipinski definition) is 7. The van der Waals surface area contributed by atoms with E-state index in [0.29, 0.717) is 36.0 Å². The Morgan fingerprint density at radius 1 is 1.39 bits per heavy atom. The number of carboxylic acid groups (broad SMARTS) is 1. The molecule has 1 unspecified atom stereocenters. The molecule has 0 saturated carbocycles. The Bertz CT molecular complexity index is 1030. The minimum Gasteiger partial charge on any atom is -0.477 e. The topological polar surface area (TPSA) is 127 Å². The van der Waals surface area contributed by atoms with Gasteiger partial charge in [-0.25, -0.2) is 9.18 Å². The molecular formula is C21H30FN5O4. The number of benzene rings is 1. The molecule has 1 aromatic heterocycles. The maximum atomic E-state index is 14.9. The maximum absolute atomic E-state index is 14.9. The zero-order valence-corrected chi connectivity index (χ0v) is 18.3. The molecule has 2 aliphatic heterocycles. The third-order valence-electron chi connectivity index (χ3n) is 5.08. The molecule has 1 saturated heterocycles. The molecule has 0 aliphatic carbocycles. The smallest absolute Gasteiger partial charge is 0.341 e. The average Bonchev–Trinajstić information content (AvgIpc) is 3.18. The Hall–Kier alpha value is -3.27. The lowest BCUT2D eigenvalue weighted by molar-refractivity contribution is 0.0694. The van der Waals surface area contributed by atoms with E-state index < -0.39 is 22.8 Å². The first kappa shape index (κ1) is 24.0. The molecule has 10 heteroatoms. The third kappa shape index (κ3) is 4.58. The van der Waals surface area contributed by atoms with E-state index in [0.717, 1.165) is 12.5 Å². The fourth-order valence-corrected chi connectivity index (χ4v) is 3.61. The monoisotopic (exact) mass is 435 g/mol. The summed E-state index contributed by atoms with van der Waals surface area (Å²) in [6.45, 7) is 5.54. The van der Waals surface area contributed by atoms with Gasteiger partial charge in [0.15, 0.2) is 18.3 Å². The van der Waals surface area contributed by atoms with Crippen LogP contribution in [-0.4, -0.2) is 49.7 Å². The van der Waals surface area contributed by atoms with Crippen molar-refractivity contribution in [2.24, 2.45) is 17.4 Å². The van der Waals surface area contributed by atoms with Gasteiger partial charge in [-0.2, -0.15) is 0 Å². The van der Waals surface area contributed by atoms with Crippen LogP contribution in [0.5, 0.6) is 5.75 Å². The number of nitrogens with two attached hydrogens (primary N) is 2. The fourth-order valence-electron chi connectivity index (χ4n) is 3.61. The third-order valence-corrected chi connectivity index (χ3v) is 5.08. The van der Waals surface area contributed by atoms with Gasteiger partial charge in [-0.1, -0.05) is 13.0 Å². The molecule has 31 heavy (non-hydrogen) atoms. The highest BCUT2D eigenvalue weighted by atomic mass is 19.1. The summed E-state index contributed by atoms with van der Waals surface area (Å²) in [7, 11) is 3.21. The maximum Gasteiger partial charge on any atom is 0.341 e. The van der Waals surface area contributed by atoms with Crippen molar-refractivity contribution in [1.29, 1.82) is 0 Å². The van der Waals surface area contributed by atoms with Crippen LogP contribution in [0.2, 0.25) is 0 Å². The second-order valence-electron chi connectivity index (χ2n) is 7.25. The Morgan fingerprint density at radius 2 is 2.03 bits per heavy atom. The van der Waals surface area contributed by atoms with Crippen molar-refractivity contribution in [3.8, 4) is 5.75 Å². The van der Waals surface area contributed by atoms with Crippen molar-refractivity contribution in [2.45, 2.75) is 20.3 Å². The van der Waals surface area contributed by atoms with Crippen molar-refractivity contribution in [3.63, 3.8) is 0 Å². The Kier molecular flexibility index (Phi) is 7.87. The van der Waals surface area contributed by atoms with E-state index >= 15 is 0 Å². The van der Waals surface area contributed by atoms with E-state index in [2.05, 4.69) is 12.7 Å². The predicted molar refractivity (Wildman–Crippen MR) is 120 cm³/mol. The van der Waals surface area contributed by atoms with Crippen molar-refractivity contribution < 1.29 is 19.0 Å². The van der Waals surface area contributed by atoms with Gasteiger partial charge in [0, 0.05) is 26.3 Å². The van der Waals surface area contributed by atoms with Gasteiger partial charge in [-0.05, 0) is 38.6 Å². The Labute approximate surface area is 180 Å². The number of rotatable bonds is 2. The normalized spacial score (nSPS) is 17.0. The molecule has 9 nitrogen and oxygen atoms in total. The Morgan fingerprint density at radius 3 is 2.55 bits per heavy atom. The number of pyridine rings is 1. The van der Waals surface area contributed by atoms with Gasteiger partial charge in [0.25, 0.3) is 0 Å². The van der Waals surface area contributed by atoms with E-state index in [9.17, 15) is 19.1 Å². The highest BCUT2D eigenvalue weighted by Gasteiger charge is 2.31. The summed E-state index contributed by atoms with van der Waals surface area (Å²) >= 11 is 0. The minimum atomic E-state index is -1.34. The molecule has 2 aromatic rings. The van der Waals surface area contributed by atoms with Crippen molar-refractivity contribution in [1.82, 2.24) is 4.68 Å². The van der Waals surface area contributed by atoms with Gasteiger partial charge in [0.1, 0.15) is 16.8 Å². The number of carboxylic acids is 1. The molecule has 1 aromatic carbocycles. The molecule has 4 rings (SSSR count). The minimum absolute atomic E-state index is 0.00921. The van der Waals surface area contributed by atoms with Gasteiger partial charge in [-0.15, -0.1) is 0 Å². The second kappa shape index (κ2) is 10.2. The van der Waals surface area contributed by atoms with Crippen molar-refractivity contribution in [3.05, 3.63) is 46.1 Å². The fraction of sp³-hybridized carbons (Fsp3) is 0.429. The van der Waals surface area contributed by atoms with Crippen LogP contribution in [0.15, 0.2) is 29.3 Å². The number of nitrogens with zero attached hydrogens (tertiary/aromatic N) is 3. The summed E-state index contributed by atoms with van der Waals surface area (Å²) in [4.78, 5) is 25.8. The highest BCUT2D eigenvalue weighted by molar-refractivity contribution is 5.97. The molecule has 2 aliphatic rings. The molecular weight excluding hydrogens is 405 g/mol. The molecule has 1 fully saturated rings. The van der Waals surface area contributed by atoms with Crippen LogP contribution in [-0.2, 0) is 0 Å². The number of ether oxygens (including phenoxy) is 1. The number of hydrogen-bond donors (Lipinski definition) is 3. The summed E-state index contributed by atoms with van der Waals surface area (Å²) in [6, 6.07) is 1.13. The molecule has 0 bridgehead atoms. The van der Waals surface area contributed by atoms with Crippen LogP contribution in [0.25, 0.3) is 10.9 Å². The van der Waals surface area contributed by atoms with Crippen LogP contribution in [0.1, 0.15) is 30.6 Å². The first-order valence-corrected chi connectivity index (χ1v) is 9.95. The summed E-state index contributed by atoms with van der Waals surface area (Å²) in [5, 5.41) is 10.9. The molecule has 0 amide bonds. The summed E-state index contributed by atoms with van der Waals surface area (Å²) < 4.78 is 22.2. The molecule has 0 spiro atoms. The second-order valence-corrected chi connectivity index (χ2v) is 7.25. The van der Waals surface area contributed by atoms with Gasteiger partial charge in [0.2, 0.25) is 5.43 Å². The molecule has 170 valence electrons. The first-order valence-electron chi connectivity index (χ1n) is 9.95. The lowest BCUT2D eigenvalue weighted by Gasteiger charge is -2.33. The molecule has 0 radical (unpaired) electrons. The van der Waals surface area contributed by atoms with Gasteiger partial charge >= 0.3 is 5.97 Å². The summed E-state index contributed by atoms with van der Waals surface area (Å²) in [6.07, 6.45) is 5.51. The number of anilines is 1. The quantitative estimate of drug-likeness (QED) is 0.650. The number of allylic oxidation sites excluding steroid dienone is 1. The SMILES string of the molecule is C/C=C\N.CC1CCN(c2c(F)cc3c(=O)c(C(=O)O)cn4c3c2OCN4C)C1.CN. The van der Waals surface area contributed by atoms with E-state index in [1.54, 1.807) is 22.8 Å². The lowest BCUT2D eigenvalue weighted by atomic mass is 10.1. The number of carbonyl (C=O) groups is 1. The largest absolute Gasteiger partial charge is 0.477 e. The van der Waals surface area contributed by atoms with Gasteiger partial charge in [-0.3, -0.25) is 14.5 Å². The number of aromatic nitrogens is 1. The van der Waals surface area contributed by atoms with Crippen molar-refractivity contribution >= 4 is 22.6 Å². The van der Waals surface area contributed by atoms with Gasteiger partial charge < -0.3 is 26.2 Å². The average molecular weight is 436 g/mol. The van der Waals surface area contributed by atoms with Crippen LogP contribution >= 0.6 is 0 Å². The van der Waals surface area contributed by atoms with Crippen molar-refractivity contribution in [2.75, 3.05) is 43.8 Å². The molecule has 1 atom stereocenters. The van der Waals surface area contributed by atoms with Crippen LogP contribution in [0, 0.1) is 11.7 Å². The highest BCUT2D eigenvalue weighted by Crippen LogP contribution is 2.41. The van der Waals surface area contributed by atoms with E-state index in [1.807, 2.05) is 11.8 Å². The van der Waals surface area contributed by atoms with Crippen LogP contribution in [0.4, 0.5) is 10.1 Å². The summed E-state index contributed by atoms with van der Waals surface area (Å²) in [5.41, 5.74) is 8.99. The standard InChI is InChI=1S/C17H18FN3O4.C3H7N.CH5N/c1-9-3-4-20(6-9)14-12(18)5-10-13-16(14)25-8-19(2)21(13)7-11(15(10)22)17(23)24;1-2-3-4;1-2/h5,7,9H,3-4,6,8H2,1-2H3,(H,23,24);2-3H,4H2,1H3;2H2,1H3/b;3-2-;. The molecule has 3 heterocycles. The lowest BCUT2D eigenvalue weighted by Crippen LogP contribution is -2.40. The molecule has 5 N–H and O–H groups in total. The number of halogens is 1. The van der Waals surface area contributed by atoms with E-state index in [-0.39, 0.29) is 12.1 Å². The van der Waals surface area contributed by atoms with E-state index in [1.165, 1.54) is 19.4 Å².